The molecule has 3 N–H and O–H groups in total. The Morgan fingerprint density at radius 3 is 2.59 bits per heavy atom. The molecular formula is C20H35IN6O2. The minimum Gasteiger partial charge on any atom is -0.379 e. The van der Waals surface area contributed by atoms with Crippen LogP contribution >= 0.6 is 24.0 Å². The Kier molecular flexibility index (Phi) is 12.8. The lowest BCUT2D eigenvalue weighted by Gasteiger charge is -2.36. The molecule has 1 aliphatic heterocycles. The number of carbonyl (C=O) groups is 1. The van der Waals surface area contributed by atoms with Crippen molar-refractivity contribution in [3.63, 3.8) is 0 Å². The van der Waals surface area contributed by atoms with Crippen LogP contribution in [0.4, 0.5) is 0 Å². The van der Waals surface area contributed by atoms with E-state index >= 15 is 0 Å². The molecule has 1 aromatic rings. The van der Waals surface area contributed by atoms with Gasteiger partial charge in [-0.3, -0.25) is 19.7 Å². The maximum atomic E-state index is 12.0. The highest BCUT2D eigenvalue weighted by Crippen LogP contribution is 2.13. The monoisotopic (exact) mass is 518 g/mol. The summed E-state index contributed by atoms with van der Waals surface area (Å²) in [7, 11) is 0. The topological polar surface area (TPSA) is 90.9 Å². The number of carbonyl (C=O) groups excluding carboxylic acids is 1. The summed E-state index contributed by atoms with van der Waals surface area (Å²) in [6, 6.07) is 3.89. The first-order valence-corrected chi connectivity index (χ1v) is 10.1. The molecule has 164 valence electrons. The number of nitrogens with zero attached hydrogens (tertiary/aromatic N) is 3. The molecule has 2 rings (SSSR count). The quantitative estimate of drug-likeness (QED) is 0.198. The van der Waals surface area contributed by atoms with E-state index in [-0.39, 0.29) is 29.9 Å². The molecule has 1 atom stereocenters. The Hall–Kier alpha value is -1.46. The molecule has 29 heavy (non-hydrogen) atoms. The summed E-state index contributed by atoms with van der Waals surface area (Å²) in [6.45, 7) is 12.7. The maximum absolute atomic E-state index is 12.0. The molecule has 0 radical (unpaired) electrons. The number of guanidine groups is 1. The minimum atomic E-state index is -0.121. The lowest BCUT2D eigenvalue weighted by atomic mass is 10.0. The van der Waals surface area contributed by atoms with Gasteiger partial charge in [-0.2, -0.15) is 0 Å². The fraction of sp³-hybridized carbons (Fsp3) is 0.650. The molecule has 1 amide bonds. The van der Waals surface area contributed by atoms with Gasteiger partial charge in [-0.25, -0.2) is 0 Å². The van der Waals surface area contributed by atoms with E-state index in [1.165, 1.54) is 0 Å². The van der Waals surface area contributed by atoms with Gasteiger partial charge in [-0.05, 0) is 25.0 Å². The molecule has 2 heterocycles. The fourth-order valence-electron chi connectivity index (χ4n) is 3.14. The molecule has 1 unspecified atom stereocenters. The lowest BCUT2D eigenvalue weighted by Crippen LogP contribution is -2.48. The highest BCUT2D eigenvalue weighted by atomic mass is 127. The number of nitrogens with one attached hydrogen (secondary N) is 3. The van der Waals surface area contributed by atoms with Gasteiger partial charge in [0.05, 0.1) is 25.3 Å². The van der Waals surface area contributed by atoms with Crippen molar-refractivity contribution in [3.05, 3.63) is 30.1 Å². The zero-order chi connectivity index (χ0) is 20.2. The summed E-state index contributed by atoms with van der Waals surface area (Å²) in [4.78, 5) is 23.2. The summed E-state index contributed by atoms with van der Waals surface area (Å²) in [5.74, 6) is 1.17. The van der Waals surface area contributed by atoms with E-state index in [2.05, 4.69) is 39.7 Å². The van der Waals surface area contributed by atoms with Crippen molar-refractivity contribution in [2.24, 2.45) is 10.9 Å². The number of halogens is 1. The van der Waals surface area contributed by atoms with Crippen LogP contribution in [0, 0.1) is 5.92 Å². The summed E-state index contributed by atoms with van der Waals surface area (Å²) in [6.07, 6.45) is 3.21. The van der Waals surface area contributed by atoms with E-state index in [0.717, 1.165) is 45.4 Å². The Labute approximate surface area is 191 Å². The van der Waals surface area contributed by atoms with E-state index in [1.807, 2.05) is 6.92 Å². The first kappa shape index (κ1) is 25.6. The number of ether oxygens (including phenoxy) is 1. The van der Waals surface area contributed by atoms with Gasteiger partial charge in [0, 0.05) is 51.2 Å². The van der Waals surface area contributed by atoms with Crippen LogP contribution in [0.1, 0.15) is 31.1 Å². The van der Waals surface area contributed by atoms with E-state index in [0.29, 0.717) is 30.6 Å². The molecule has 1 saturated heterocycles. The molecule has 1 aromatic heterocycles. The molecule has 9 heteroatoms. The number of morpholine rings is 1. The van der Waals surface area contributed by atoms with Gasteiger partial charge in [0.15, 0.2) is 5.96 Å². The zero-order valence-electron chi connectivity index (χ0n) is 17.7. The van der Waals surface area contributed by atoms with Crippen LogP contribution in [0.15, 0.2) is 29.5 Å². The first-order chi connectivity index (χ1) is 13.6. The first-order valence-electron chi connectivity index (χ1n) is 10.1. The molecule has 0 saturated carbocycles. The molecular weight excluding hydrogens is 483 g/mol. The van der Waals surface area contributed by atoms with Crippen LogP contribution in [-0.2, 0) is 4.74 Å². The van der Waals surface area contributed by atoms with Gasteiger partial charge >= 0.3 is 0 Å². The van der Waals surface area contributed by atoms with E-state index < -0.39 is 0 Å². The summed E-state index contributed by atoms with van der Waals surface area (Å²) < 4.78 is 5.47. The number of hydrogen-bond acceptors (Lipinski definition) is 5. The van der Waals surface area contributed by atoms with E-state index in [4.69, 9.17) is 9.73 Å². The largest absolute Gasteiger partial charge is 0.379 e. The normalized spacial score (nSPS) is 16.1. The smallest absolute Gasteiger partial charge is 0.252 e. The van der Waals surface area contributed by atoms with Crippen molar-refractivity contribution in [1.82, 2.24) is 25.8 Å². The Morgan fingerprint density at radius 2 is 1.97 bits per heavy atom. The number of aliphatic imine (C=N–C) groups is 1. The van der Waals surface area contributed by atoms with Gasteiger partial charge in [0.2, 0.25) is 0 Å². The predicted octanol–water partition coefficient (Wildman–Crippen LogP) is 1.34. The molecule has 0 aromatic carbocycles. The Bertz CT molecular complexity index is 608. The average molecular weight is 518 g/mol. The third-order valence-electron chi connectivity index (χ3n) is 4.69. The highest BCUT2D eigenvalue weighted by molar-refractivity contribution is 14.0. The van der Waals surface area contributed by atoms with Crippen LogP contribution in [0.3, 0.4) is 0 Å². The number of aromatic nitrogens is 1. The second-order valence-electron chi connectivity index (χ2n) is 7.10. The van der Waals surface area contributed by atoms with Gasteiger partial charge in [0.25, 0.3) is 5.91 Å². The molecule has 0 aliphatic carbocycles. The number of pyridine rings is 1. The maximum Gasteiger partial charge on any atom is 0.252 e. The summed E-state index contributed by atoms with van der Waals surface area (Å²) in [5.41, 5.74) is 0.563. The summed E-state index contributed by atoms with van der Waals surface area (Å²) in [5, 5.41) is 9.45. The second-order valence-corrected chi connectivity index (χ2v) is 7.10. The third-order valence-corrected chi connectivity index (χ3v) is 4.69. The van der Waals surface area contributed by atoms with Crippen molar-refractivity contribution in [2.45, 2.75) is 26.8 Å². The minimum absolute atomic E-state index is 0. The van der Waals surface area contributed by atoms with Crippen LogP contribution in [0.25, 0.3) is 0 Å². The van der Waals surface area contributed by atoms with Crippen molar-refractivity contribution < 1.29 is 9.53 Å². The number of amides is 1. The molecule has 0 bridgehead atoms. The van der Waals surface area contributed by atoms with Crippen LogP contribution < -0.4 is 16.0 Å². The average Bonchev–Trinajstić information content (AvgIpc) is 2.72. The van der Waals surface area contributed by atoms with E-state index in [1.54, 1.807) is 24.5 Å². The molecule has 1 fully saturated rings. The van der Waals surface area contributed by atoms with Crippen molar-refractivity contribution >= 4 is 35.8 Å². The molecule has 0 spiro atoms. The molecule has 8 nitrogen and oxygen atoms in total. The standard InChI is InChI=1S/C20H34N6O2.HI/c1-4-22-20(24-9-8-23-19(27)17-6-5-7-21-14-17)25-15-18(16(2)3)26-10-12-28-13-11-26;/h5-7,14,16,18H,4,8-13,15H2,1-3H3,(H,23,27)(H2,22,24,25);1H. The second kappa shape index (κ2) is 14.5. The lowest BCUT2D eigenvalue weighted by molar-refractivity contribution is 0.00867. The zero-order valence-corrected chi connectivity index (χ0v) is 20.0. The van der Waals surface area contributed by atoms with Gasteiger partial charge in [-0.15, -0.1) is 24.0 Å². The highest BCUT2D eigenvalue weighted by Gasteiger charge is 2.23. The van der Waals surface area contributed by atoms with Crippen molar-refractivity contribution in [1.29, 1.82) is 0 Å². The number of rotatable bonds is 9. The van der Waals surface area contributed by atoms with Crippen LogP contribution in [-0.4, -0.2) is 80.3 Å². The number of hydrogen-bond donors (Lipinski definition) is 3. The van der Waals surface area contributed by atoms with Gasteiger partial charge in [-0.1, -0.05) is 13.8 Å². The fourth-order valence-corrected chi connectivity index (χ4v) is 3.14. The van der Waals surface area contributed by atoms with Crippen molar-refractivity contribution in [2.75, 3.05) is 52.5 Å². The SMILES string of the molecule is CCNC(=NCC(C(C)C)N1CCOCC1)NCCNC(=O)c1cccnc1.I. The van der Waals surface area contributed by atoms with Crippen LogP contribution in [0.2, 0.25) is 0 Å². The Balaban J connectivity index is 0.00000420. The third kappa shape index (κ3) is 9.26. The Morgan fingerprint density at radius 1 is 1.24 bits per heavy atom. The van der Waals surface area contributed by atoms with Crippen molar-refractivity contribution in [3.8, 4) is 0 Å². The van der Waals surface area contributed by atoms with Gasteiger partial charge in [0.1, 0.15) is 0 Å². The molecule has 1 aliphatic rings. The summed E-state index contributed by atoms with van der Waals surface area (Å²) >= 11 is 0. The van der Waals surface area contributed by atoms with E-state index in [9.17, 15) is 4.79 Å². The predicted molar refractivity (Wildman–Crippen MR) is 127 cm³/mol. The van der Waals surface area contributed by atoms with Gasteiger partial charge < -0.3 is 20.7 Å². The van der Waals surface area contributed by atoms with Crippen LogP contribution in [0.5, 0.6) is 0 Å².